The summed E-state index contributed by atoms with van der Waals surface area (Å²) in [4.78, 5) is 25.2. The fourth-order valence-electron chi connectivity index (χ4n) is 2.49. The summed E-state index contributed by atoms with van der Waals surface area (Å²) in [5.74, 6) is -0.205. The van der Waals surface area contributed by atoms with Crippen molar-refractivity contribution < 1.29 is 14.3 Å². The number of primary amides is 1. The number of anilines is 1. The summed E-state index contributed by atoms with van der Waals surface area (Å²) < 4.78 is 5.53. The van der Waals surface area contributed by atoms with Gasteiger partial charge in [-0.15, -0.1) is 11.3 Å². The first-order valence-corrected chi connectivity index (χ1v) is 9.58. The highest BCUT2D eigenvalue weighted by Crippen LogP contribution is 2.28. The number of hydrogen-bond acceptors (Lipinski definition) is 4. The summed E-state index contributed by atoms with van der Waals surface area (Å²) in [7, 11) is 0. The van der Waals surface area contributed by atoms with E-state index in [2.05, 4.69) is 17.4 Å². The van der Waals surface area contributed by atoms with Gasteiger partial charge in [-0.05, 0) is 35.9 Å². The van der Waals surface area contributed by atoms with E-state index in [4.69, 9.17) is 10.5 Å². The van der Waals surface area contributed by atoms with Crippen LogP contribution in [0.25, 0.3) is 16.5 Å². The highest BCUT2D eigenvalue weighted by molar-refractivity contribution is 7.16. The van der Waals surface area contributed by atoms with E-state index in [1.165, 1.54) is 6.08 Å². The van der Waals surface area contributed by atoms with Crippen LogP contribution in [0.15, 0.2) is 72.8 Å². The molecule has 0 saturated heterocycles. The molecule has 0 bridgehead atoms. The molecular weight excluding hydrogens is 372 g/mol. The van der Waals surface area contributed by atoms with Crippen LogP contribution in [0.3, 0.4) is 0 Å². The molecule has 0 fully saturated rings. The van der Waals surface area contributed by atoms with Crippen LogP contribution < -0.4 is 15.8 Å². The zero-order valence-electron chi connectivity index (χ0n) is 15.1. The third-order valence-electron chi connectivity index (χ3n) is 3.84. The monoisotopic (exact) mass is 392 g/mol. The van der Waals surface area contributed by atoms with Crippen molar-refractivity contribution in [3.63, 3.8) is 0 Å². The molecular formula is C22H20N2O3S. The molecule has 0 aliphatic rings. The summed E-state index contributed by atoms with van der Waals surface area (Å²) >= 11 is 1.62. The van der Waals surface area contributed by atoms with Crippen LogP contribution >= 0.6 is 11.3 Å². The third-order valence-corrected chi connectivity index (χ3v) is 4.93. The van der Waals surface area contributed by atoms with Crippen LogP contribution in [0.4, 0.5) is 5.69 Å². The number of hydrogen-bond donors (Lipinski definition) is 2. The molecule has 5 nitrogen and oxygen atoms in total. The minimum atomic E-state index is -0.435. The second kappa shape index (κ2) is 9.53. The quantitative estimate of drug-likeness (QED) is 0.560. The summed E-state index contributed by atoms with van der Waals surface area (Å²) in [6.45, 7) is 0.162. The smallest absolute Gasteiger partial charge is 0.248 e. The zero-order chi connectivity index (χ0) is 19.8. The van der Waals surface area contributed by atoms with Crippen molar-refractivity contribution in [1.29, 1.82) is 0 Å². The molecule has 3 N–H and O–H groups in total. The average Bonchev–Trinajstić information content (AvgIpc) is 3.17. The lowest BCUT2D eigenvalue weighted by molar-refractivity contribution is -0.118. The molecule has 0 radical (unpaired) electrons. The summed E-state index contributed by atoms with van der Waals surface area (Å²) in [6, 6.07) is 21.2. The lowest BCUT2D eigenvalue weighted by Gasteiger charge is -2.10. The standard InChI is InChI=1S/C22H20N2O3S/c23-21(25)14-15-27-19-9-5-4-8-18(19)24-22(26)13-11-17-10-12-20(28-17)16-6-2-1-3-7-16/h1-13H,14-15H2,(H2,23,25)(H,24,26). The minimum absolute atomic E-state index is 0.115. The van der Waals surface area contributed by atoms with Crippen molar-refractivity contribution in [3.05, 3.63) is 77.7 Å². The van der Waals surface area contributed by atoms with E-state index in [1.807, 2.05) is 30.3 Å². The van der Waals surface area contributed by atoms with Crippen LogP contribution in [0.2, 0.25) is 0 Å². The van der Waals surface area contributed by atoms with Crippen LogP contribution in [0, 0.1) is 0 Å². The van der Waals surface area contributed by atoms with Gasteiger partial charge in [0.15, 0.2) is 0 Å². The molecule has 2 aromatic carbocycles. The van der Waals surface area contributed by atoms with E-state index in [0.29, 0.717) is 11.4 Å². The summed E-state index contributed by atoms with van der Waals surface area (Å²) in [5, 5.41) is 2.80. The molecule has 6 heteroatoms. The second-order valence-electron chi connectivity index (χ2n) is 5.95. The number of rotatable bonds is 8. The molecule has 0 saturated carbocycles. The zero-order valence-corrected chi connectivity index (χ0v) is 15.9. The van der Waals surface area contributed by atoms with Gasteiger partial charge in [0.05, 0.1) is 18.7 Å². The van der Waals surface area contributed by atoms with E-state index in [9.17, 15) is 9.59 Å². The van der Waals surface area contributed by atoms with Crippen molar-refractivity contribution in [2.75, 3.05) is 11.9 Å². The van der Waals surface area contributed by atoms with Gasteiger partial charge in [-0.3, -0.25) is 9.59 Å². The number of para-hydroxylation sites is 2. The molecule has 0 atom stereocenters. The van der Waals surface area contributed by atoms with Crippen molar-refractivity contribution >= 4 is 34.9 Å². The maximum atomic E-state index is 12.3. The van der Waals surface area contributed by atoms with Gasteiger partial charge in [0.25, 0.3) is 0 Å². The maximum absolute atomic E-state index is 12.3. The van der Waals surface area contributed by atoms with Crippen molar-refractivity contribution in [1.82, 2.24) is 0 Å². The average molecular weight is 392 g/mol. The number of thiophene rings is 1. The topological polar surface area (TPSA) is 81.4 Å². The molecule has 28 heavy (non-hydrogen) atoms. The molecule has 142 valence electrons. The Morgan fingerprint density at radius 2 is 1.75 bits per heavy atom. The van der Waals surface area contributed by atoms with E-state index in [1.54, 1.807) is 41.7 Å². The first kappa shape index (κ1) is 19.4. The number of carbonyl (C=O) groups excluding carboxylic acids is 2. The Labute approximate surface area is 167 Å². The Hall–Kier alpha value is -3.38. The summed E-state index contributed by atoms with van der Waals surface area (Å²) in [5.41, 5.74) is 6.80. The van der Waals surface area contributed by atoms with Gasteiger partial charge < -0.3 is 15.8 Å². The number of nitrogens with two attached hydrogens (primary N) is 1. The van der Waals surface area contributed by atoms with Gasteiger partial charge in [0, 0.05) is 15.8 Å². The van der Waals surface area contributed by atoms with Crippen molar-refractivity contribution in [2.45, 2.75) is 6.42 Å². The number of benzene rings is 2. The van der Waals surface area contributed by atoms with Crippen LogP contribution in [0.1, 0.15) is 11.3 Å². The molecule has 1 heterocycles. The SMILES string of the molecule is NC(=O)CCOc1ccccc1NC(=O)C=Cc1ccc(-c2ccccc2)s1. The van der Waals surface area contributed by atoms with Gasteiger partial charge in [-0.25, -0.2) is 0 Å². The third kappa shape index (κ3) is 5.56. The van der Waals surface area contributed by atoms with E-state index >= 15 is 0 Å². The Morgan fingerprint density at radius 3 is 2.54 bits per heavy atom. The fourth-order valence-corrected chi connectivity index (χ4v) is 3.41. The van der Waals surface area contributed by atoms with Crippen LogP contribution in [0.5, 0.6) is 5.75 Å². The highest BCUT2D eigenvalue weighted by atomic mass is 32.1. The predicted molar refractivity (Wildman–Crippen MR) is 113 cm³/mol. The second-order valence-corrected chi connectivity index (χ2v) is 7.07. The molecule has 0 spiro atoms. The molecule has 0 aliphatic carbocycles. The van der Waals surface area contributed by atoms with E-state index < -0.39 is 5.91 Å². The van der Waals surface area contributed by atoms with Gasteiger partial charge in [-0.2, -0.15) is 0 Å². The molecule has 0 unspecified atom stereocenters. The lowest BCUT2D eigenvalue weighted by Crippen LogP contribution is -2.15. The first-order valence-electron chi connectivity index (χ1n) is 8.76. The van der Waals surface area contributed by atoms with Gasteiger partial charge in [0.2, 0.25) is 11.8 Å². The van der Waals surface area contributed by atoms with Crippen molar-refractivity contribution in [2.24, 2.45) is 5.73 Å². The Kier molecular flexibility index (Phi) is 6.59. The molecule has 2 amide bonds. The lowest BCUT2D eigenvalue weighted by atomic mass is 10.2. The Morgan fingerprint density at radius 1 is 1.00 bits per heavy atom. The van der Waals surface area contributed by atoms with Gasteiger partial charge in [0.1, 0.15) is 5.75 Å². The highest BCUT2D eigenvalue weighted by Gasteiger charge is 2.07. The minimum Gasteiger partial charge on any atom is -0.491 e. The first-order chi connectivity index (χ1) is 13.6. The van der Waals surface area contributed by atoms with E-state index in [-0.39, 0.29) is 18.9 Å². The Bertz CT molecular complexity index is 980. The predicted octanol–water partition coefficient (Wildman–Crippen LogP) is 4.32. The van der Waals surface area contributed by atoms with Gasteiger partial charge >= 0.3 is 0 Å². The largest absolute Gasteiger partial charge is 0.491 e. The number of ether oxygens (including phenoxy) is 1. The van der Waals surface area contributed by atoms with Crippen LogP contribution in [-0.4, -0.2) is 18.4 Å². The normalized spacial score (nSPS) is 10.7. The molecule has 3 aromatic rings. The number of amides is 2. The van der Waals surface area contributed by atoms with Crippen LogP contribution in [-0.2, 0) is 9.59 Å². The molecule has 1 aromatic heterocycles. The van der Waals surface area contributed by atoms with Crippen molar-refractivity contribution in [3.8, 4) is 16.2 Å². The fraction of sp³-hybridized carbons (Fsp3) is 0.0909. The number of nitrogens with one attached hydrogen (secondary N) is 1. The summed E-state index contributed by atoms with van der Waals surface area (Å²) in [6.07, 6.45) is 3.38. The van der Waals surface area contributed by atoms with Gasteiger partial charge in [-0.1, -0.05) is 42.5 Å². The Balaban J connectivity index is 1.61. The molecule has 3 rings (SSSR count). The maximum Gasteiger partial charge on any atom is 0.248 e. The number of carbonyl (C=O) groups is 2. The van der Waals surface area contributed by atoms with E-state index in [0.717, 1.165) is 15.3 Å². The molecule has 0 aliphatic heterocycles.